The summed E-state index contributed by atoms with van der Waals surface area (Å²) in [7, 11) is 0. The number of pyridine rings is 1. The summed E-state index contributed by atoms with van der Waals surface area (Å²) >= 11 is 1.56. The molecule has 4 heteroatoms. The topological polar surface area (TPSA) is 51.8 Å². The van der Waals surface area contributed by atoms with E-state index >= 15 is 0 Å². The Balaban J connectivity index is 2.53. The lowest BCUT2D eigenvalue weighted by Crippen LogP contribution is -1.92. The molecule has 0 atom stereocenters. The molecule has 2 rings (SSSR count). The number of rotatable bonds is 1. The molecule has 0 fully saturated rings. The van der Waals surface area contributed by atoms with Gasteiger partial charge >= 0.3 is 0 Å². The Morgan fingerprint density at radius 2 is 2.23 bits per heavy atom. The number of hydrogen-bond acceptors (Lipinski definition) is 4. The molecule has 0 saturated carbocycles. The summed E-state index contributed by atoms with van der Waals surface area (Å²) < 4.78 is 0. The van der Waals surface area contributed by atoms with Gasteiger partial charge in [-0.25, -0.2) is 4.98 Å². The Labute approximate surface area is 80.3 Å². The van der Waals surface area contributed by atoms with Gasteiger partial charge in [0.05, 0.1) is 16.1 Å². The first-order valence-corrected chi connectivity index (χ1v) is 4.77. The van der Waals surface area contributed by atoms with Crippen molar-refractivity contribution >= 4 is 17.2 Å². The quantitative estimate of drug-likeness (QED) is 0.751. The van der Waals surface area contributed by atoms with Gasteiger partial charge in [0.2, 0.25) is 0 Å². The van der Waals surface area contributed by atoms with E-state index in [4.69, 9.17) is 5.73 Å². The molecule has 0 amide bonds. The minimum atomic E-state index is 0.559. The zero-order valence-electron chi connectivity index (χ0n) is 7.19. The summed E-state index contributed by atoms with van der Waals surface area (Å²) in [4.78, 5) is 9.27. The molecule has 0 unspecified atom stereocenters. The molecule has 3 nitrogen and oxygen atoms in total. The summed E-state index contributed by atoms with van der Waals surface area (Å²) in [5.74, 6) is 0.559. The van der Waals surface area contributed by atoms with Gasteiger partial charge in [-0.15, -0.1) is 11.3 Å². The zero-order chi connectivity index (χ0) is 9.26. The summed E-state index contributed by atoms with van der Waals surface area (Å²) in [5, 5.41) is 0. The molecule has 0 saturated heterocycles. The molecule has 2 N–H and O–H groups in total. The maximum atomic E-state index is 5.64. The van der Waals surface area contributed by atoms with Crippen LogP contribution in [0.4, 0.5) is 5.82 Å². The standard InChI is InChI=1S/C9H9N3S/c1-6-2-7(12-9(10)3-6)8-4-11-5-13-8/h2-5H,1H3,(H2,10,12). The van der Waals surface area contributed by atoms with Crippen molar-refractivity contribution in [2.24, 2.45) is 0 Å². The Hall–Kier alpha value is -1.42. The number of anilines is 1. The second-order valence-corrected chi connectivity index (χ2v) is 3.71. The van der Waals surface area contributed by atoms with Gasteiger partial charge in [-0.05, 0) is 24.6 Å². The Kier molecular flexibility index (Phi) is 1.98. The SMILES string of the molecule is Cc1cc(N)nc(-c2cncs2)c1. The van der Waals surface area contributed by atoms with Crippen LogP contribution in [-0.2, 0) is 0 Å². The minimum absolute atomic E-state index is 0.559. The Morgan fingerprint density at radius 3 is 2.85 bits per heavy atom. The van der Waals surface area contributed by atoms with Gasteiger partial charge in [0, 0.05) is 6.20 Å². The fourth-order valence-corrected chi connectivity index (χ4v) is 1.75. The van der Waals surface area contributed by atoms with Crippen molar-refractivity contribution in [1.82, 2.24) is 9.97 Å². The van der Waals surface area contributed by atoms with Crippen LogP contribution in [-0.4, -0.2) is 9.97 Å². The molecule has 0 aliphatic carbocycles. The highest BCUT2D eigenvalue weighted by Crippen LogP contribution is 2.22. The van der Waals surface area contributed by atoms with Crippen molar-refractivity contribution in [2.75, 3.05) is 5.73 Å². The fourth-order valence-electron chi connectivity index (χ4n) is 1.16. The lowest BCUT2D eigenvalue weighted by atomic mass is 10.2. The first-order valence-electron chi connectivity index (χ1n) is 3.89. The van der Waals surface area contributed by atoms with Crippen molar-refractivity contribution in [3.05, 3.63) is 29.4 Å². The van der Waals surface area contributed by atoms with E-state index in [1.165, 1.54) is 0 Å². The number of nitrogens with zero attached hydrogens (tertiary/aromatic N) is 2. The molecule has 0 radical (unpaired) electrons. The van der Waals surface area contributed by atoms with Crippen LogP contribution >= 0.6 is 11.3 Å². The van der Waals surface area contributed by atoms with Gasteiger partial charge in [0.25, 0.3) is 0 Å². The van der Waals surface area contributed by atoms with E-state index in [1.807, 2.05) is 19.1 Å². The second kappa shape index (κ2) is 3.14. The van der Waals surface area contributed by atoms with Gasteiger partial charge in [0.15, 0.2) is 0 Å². The van der Waals surface area contributed by atoms with E-state index in [1.54, 1.807) is 23.0 Å². The molecule has 0 aliphatic heterocycles. The molecule has 2 aromatic heterocycles. The highest BCUT2D eigenvalue weighted by molar-refractivity contribution is 7.13. The number of aryl methyl sites for hydroxylation is 1. The van der Waals surface area contributed by atoms with Crippen molar-refractivity contribution in [3.8, 4) is 10.6 Å². The molecule has 13 heavy (non-hydrogen) atoms. The predicted octanol–water partition coefficient (Wildman–Crippen LogP) is 2.10. The van der Waals surface area contributed by atoms with Crippen LogP contribution < -0.4 is 5.73 Å². The van der Waals surface area contributed by atoms with E-state index < -0.39 is 0 Å². The summed E-state index contributed by atoms with van der Waals surface area (Å²) in [5.41, 5.74) is 9.45. The number of nitrogens with two attached hydrogens (primary N) is 1. The smallest absolute Gasteiger partial charge is 0.124 e. The van der Waals surface area contributed by atoms with Crippen LogP contribution in [0.2, 0.25) is 0 Å². The molecular formula is C9H9N3S. The average Bonchev–Trinajstić information content (AvgIpc) is 2.53. The van der Waals surface area contributed by atoms with Gasteiger partial charge < -0.3 is 5.73 Å². The molecule has 0 aromatic carbocycles. The second-order valence-electron chi connectivity index (χ2n) is 2.82. The normalized spacial score (nSPS) is 10.2. The molecule has 2 aromatic rings. The highest BCUT2D eigenvalue weighted by atomic mass is 32.1. The van der Waals surface area contributed by atoms with Crippen LogP contribution in [0.25, 0.3) is 10.6 Å². The average molecular weight is 191 g/mol. The van der Waals surface area contributed by atoms with Crippen molar-refractivity contribution in [1.29, 1.82) is 0 Å². The van der Waals surface area contributed by atoms with Gasteiger partial charge in [-0.3, -0.25) is 4.98 Å². The predicted molar refractivity (Wildman–Crippen MR) is 54.5 cm³/mol. The molecule has 0 spiro atoms. The lowest BCUT2D eigenvalue weighted by Gasteiger charge is -1.99. The van der Waals surface area contributed by atoms with Crippen molar-refractivity contribution in [2.45, 2.75) is 6.92 Å². The summed E-state index contributed by atoms with van der Waals surface area (Å²) in [6, 6.07) is 3.86. The third kappa shape index (κ3) is 1.67. The lowest BCUT2D eigenvalue weighted by molar-refractivity contribution is 1.30. The molecule has 66 valence electrons. The monoisotopic (exact) mass is 191 g/mol. The molecule has 0 bridgehead atoms. The van der Waals surface area contributed by atoms with Crippen molar-refractivity contribution < 1.29 is 0 Å². The molecule has 0 aliphatic rings. The first kappa shape index (κ1) is 8.19. The van der Waals surface area contributed by atoms with Gasteiger partial charge in [-0.1, -0.05) is 0 Å². The van der Waals surface area contributed by atoms with E-state index in [0.29, 0.717) is 5.82 Å². The van der Waals surface area contributed by atoms with Crippen LogP contribution in [0.3, 0.4) is 0 Å². The molecule has 2 heterocycles. The van der Waals surface area contributed by atoms with Crippen LogP contribution in [0.15, 0.2) is 23.8 Å². The minimum Gasteiger partial charge on any atom is -0.384 e. The number of hydrogen-bond donors (Lipinski definition) is 1. The van der Waals surface area contributed by atoms with Crippen LogP contribution in [0.1, 0.15) is 5.56 Å². The number of thiazole rings is 1. The summed E-state index contributed by atoms with van der Waals surface area (Å²) in [6.07, 6.45) is 1.80. The molecular weight excluding hydrogens is 182 g/mol. The van der Waals surface area contributed by atoms with E-state index in [-0.39, 0.29) is 0 Å². The Bertz CT molecular complexity index is 389. The third-order valence-electron chi connectivity index (χ3n) is 1.67. The maximum Gasteiger partial charge on any atom is 0.124 e. The third-order valence-corrected chi connectivity index (χ3v) is 2.47. The number of aromatic nitrogens is 2. The van der Waals surface area contributed by atoms with E-state index in [9.17, 15) is 0 Å². The Morgan fingerprint density at radius 1 is 1.38 bits per heavy atom. The van der Waals surface area contributed by atoms with Gasteiger partial charge in [0.1, 0.15) is 5.82 Å². The summed E-state index contributed by atoms with van der Waals surface area (Å²) in [6.45, 7) is 2.00. The van der Waals surface area contributed by atoms with E-state index in [2.05, 4.69) is 9.97 Å². The maximum absolute atomic E-state index is 5.64. The van der Waals surface area contributed by atoms with Crippen molar-refractivity contribution in [3.63, 3.8) is 0 Å². The van der Waals surface area contributed by atoms with Crippen LogP contribution in [0.5, 0.6) is 0 Å². The number of nitrogen functional groups attached to an aromatic ring is 1. The van der Waals surface area contributed by atoms with Gasteiger partial charge in [-0.2, -0.15) is 0 Å². The van der Waals surface area contributed by atoms with Crippen LogP contribution in [0, 0.1) is 6.92 Å². The zero-order valence-corrected chi connectivity index (χ0v) is 8.01. The first-order chi connectivity index (χ1) is 6.25. The van der Waals surface area contributed by atoms with E-state index in [0.717, 1.165) is 16.1 Å². The highest BCUT2D eigenvalue weighted by Gasteiger charge is 2.02. The fraction of sp³-hybridized carbons (Fsp3) is 0.111. The largest absolute Gasteiger partial charge is 0.384 e.